The molecule has 104 valence electrons. The van der Waals surface area contributed by atoms with E-state index >= 15 is 0 Å². The predicted molar refractivity (Wildman–Crippen MR) is 83.7 cm³/mol. The molecule has 1 saturated heterocycles. The summed E-state index contributed by atoms with van der Waals surface area (Å²) in [4.78, 5) is 14.9. The lowest BCUT2D eigenvalue weighted by Crippen LogP contribution is -2.21. The van der Waals surface area contributed by atoms with Crippen LogP contribution >= 0.6 is 27.5 Å². The van der Waals surface area contributed by atoms with Crippen molar-refractivity contribution in [2.75, 3.05) is 23.3 Å². The number of hydrogen-bond acceptors (Lipinski definition) is 5. The van der Waals surface area contributed by atoms with E-state index in [0.29, 0.717) is 11.9 Å². The molecule has 1 aromatic heterocycles. The zero-order valence-corrected chi connectivity index (χ0v) is 13.0. The molecule has 0 aliphatic carbocycles. The lowest BCUT2D eigenvalue weighted by molar-refractivity contribution is 0.883. The molecule has 0 unspecified atom stereocenters. The normalized spacial score (nSPS) is 14.6. The van der Waals surface area contributed by atoms with Crippen LogP contribution in [-0.2, 0) is 0 Å². The molecule has 1 aliphatic heterocycles. The van der Waals surface area contributed by atoms with E-state index in [2.05, 4.69) is 41.1 Å². The Morgan fingerprint density at radius 3 is 2.70 bits per heavy atom. The number of anilines is 3. The molecule has 2 aromatic rings. The van der Waals surface area contributed by atoms with Gasteiger partial charge in [0.25, 0.3) is 0 Å². The summed E-state index contributed by atoms with van der Waals surface area (Å²) < 4.78 is 0.988. The Morgan fingerprint density at radius 1 is 1.15 bits per heavy atom. The minimum absolute atomic E-state index is 0.208. The van der Waals surface area contributed by atoms with E-state index in [1.807, 2.05) is 24.3 Å². The SMILES string of the molecule is Clc1nc(Nc2cccc(Br)c2)nc(N2CCCC2)n1. The highest BCUT2D eigenvalue weighted by Crippen LogP contribution is 2.22. The smallest absolute Gasteiger partial charge is 0.233 e. The van der Waals surface area contributed by atoms with Gasteiger partial charge in [-0.25, -0.2) is 0 Å². The van der Waals surface area contributed by atoms with Gasteiger partial charge in [-0.1, -0.05) is 22.0 Å². The second kappa shape index (κ2) is 5.93. The first-order chi connectivity index (χ1) is 9.70. The molecule has 1 N–H and O–H groups in total. The first kappa shape index (κ1) is 13.6. The highest BCUT2D eigenvalue weighted by molar-refractivity contribution is 9.10. The molecule has 3 rings (SSSR count). The standard InChI is InChI=1S/C13H13BrClN5/c14-9-4-3-5-10(8-9)16-12-17-11(15)18-13(19-12)20-6-1-2-7-20/h3-5,8H,1-2,6-7H2,(H,16,17,18,19). The number of halogens is 2. The quantitative estimate of drug-likeness (QED) is 0.912. The van der Waals surface area contributed by atoms with Gasteiger partial charge in [-0.15, -0.1) is 0 Å². The molecule has 20 heavy (non-hydrogen) atoms. The number of aromatic nitrogens is 3. The lowest BCUT2D eigenvalue weighted by Gasteiger charge is -2.15. The summed E-state index contributed by atoms with van der Waals surface area (Å²) in [5.41, 5.74) is 0.897. The minimum atomic E-state index is 0.208. The predicted octanol–water partition coefficient (Wildman–Crippen LogP) is 3.63. The van der Waals surface area contributed by atoms with Crippen molar-refractivity contribution in [3.63, 3.8) is 0 Å². The maximum atomic E-state index is 5.99. The molecule has 7 heteroatoms. The number of rotatable bonds is 3. The largest absolute Gasteiger partial charge is 0.341 e. The topological polar surface area (TPSA) is 53.9 Å². The Morgan fingerprint density at radius 2 is 1.95 bits per heavy atom. The van der Waals surface area contributed by atoms with Crippen molar-refractivity contribution < 1.29 is 0 Å². The number of nitrogens with one attached hydrogen (secondary N) is 1. The van der Waals surface area contributed by atoms with Gasteiger partial charge >= 0.3 is 0 Å². The van der Waals surface area contributed by atoms with Crippen molar-refractivity contribution >= 4 is 45.1 Å². The van der Waals surface area contributed by atoms with Crippen LogP contribution in [0.2, 0.25) is 5.28 Å². The lowest BCUT2D eigenvalue weighted by atomic mass is 10.3. The Balaban J connectivity index is 1.85. The van der Waals surface area contributed by atoms with Crippen molar-refractivity contribution in [2.24, 2.45) is 0 Å². The molecule has 0 radical (unpaired) electrons. The molecule has 5 nitrogen and oxygen atoms in total. The van der Waals surface area contributed by atoms with E-state index in [-0.39, 0.29) is 5.28 Å². The fourth-order valence-corrected chi connectivity index (χ4v) is 2.70. The van der Waals surface area contributed by atoms with Crippen LogP contribution in [0.4, 0.5) is 17.6 Å². The van der Waals surface area contributed by atoms with Gasteiger partial charge in [-0.2, -0.15) is 15.0 Å². The molecule has 2 heterocycles. The third-order valence-corrected chi connectivity index (χ3v) is 3.73. The average Bonchev–Trinajstić information content (AvgIpc) is 2.91. The second-order valence-electron chi connectivity index (χ2n) is 4.56. The summed E-state index contributed by atoms with van der Waals surface area (Å²) in [7, 11) is 0. The summed E-state index contributed by atoms with van der Waals surface area (Å²) in [6.45, 7) is 1.94. The van der Waals surface area contributed by atoms with E-state index < -0.39 is 0 Å². The monoisotopic (exact) mass is 353 g/mol. The van der Waals surface area contributed by atoms with Crippen LogP contribution in [0.3, 0.4) is 0 Å². The first-order valence-electron chi connectivity index (χ1n) is 6.40. The van der Waals surface area contributed by atoms with Crippen molar-refractivity contribution in [3.05, 3.63) is 34.0 Å². The van der Waals surface area contributed by atoms with E-state index in [0.717, 1.165) is 36.1 Å². The number of benzene rings is 1. The van der Waals surface area contributed by atoms with E-state index in [4.69, 9.17) is 11.6 Å². The van der Waals surface area contributed by atoms with Crippen molar-refractivity contribution in [3.8, 4) is 0 Å². The van der Waals surface area contributed by atoms with Crippen LogP contribution in [0.25, 0.3) is 0 Å². The number of nitrogens with zero attached hydrogens (tertiary/aromatic N) is 4. The van der Waals surface area contributed by atoms with Crippen LogP contribution in [0, 0.1) is 0 Å². The molecule has 1 aliphatic rings. The Kier molecular flexibility index (Phi) is 4.03. The Labute approximate surface area is 130 Å². The summed E-state index contributed by atoms with van der Waals surface area (Å²) in [6.07, 6.45) is 2.33. The van der Waals surface area contributed by atoms with E-state index in [1.54, 1.807) is 0 Å². The maximum absolute atomic E-state index is 5.99. The fourth-order valence-electron chi connectivity index (χ4n) is 2.15. The second-order valence-corrected chi connectivity index (χ2v) is 5.81. The van der Waals surface area contributed by atoms with Gasteiger partial charge in [0, 0.05) is 23.2 Å². The van der Waals surface area contributed by atoms with Crippen molar-refractivity contribution in [2.45, 2.75) is 12.8 Å². The van der Waals surface area contributed by atoms with Gasteiger partial charge in [0.15, 0.2) is 0 Å². The highest BCUT2D eigenvalue weighted by Gasteiger charge is 2.17. The first-order valence-corrected chi connectivity index (χ1v) is 7.57. The van der Waals surface area contributed by atoms with Crippen molar-refractivity contribution in [1.29, 1.82) is 0 Å². The molecular weight excluding hydrogens is 342 g/mol. The van der Waals surface area contributed by atoms with E-state index in [1.165, 1.54) is 0 Å². The third kappa shape index (κ3) is 3.19. The van der Waals surface area contributed by atoms with Crippen LogP contribution < -0.4 is 10.2 Å². The van der Waals surface area contributed by atoms with Gasteiger partial charge in [-0.05, 0) is 42.6 Å². The van der Waals surface area contributed by atoms with Crippen LogP contribution in [0.15, 0.2) is 28.7 Å². The minimum Gasteiger partial charge on any atom is -0.341 e. The molecule has 0 amide bonds. The Hall–Kier alpha value is -1.40. The van der Waals surface area contributed by atoms with Gasteiger partial charge in [0.1, 0.15) is 0 Å². The fraction of sp³-hybridized carbons (Fsp3) is 0.308. The van der Waals surface area contributed by atoms with Gasteiger partial charge in [0.05, 0.1) is 0 Å². The molecule has 0 bridgehead atoms. The molecule has 0 spiro atoms. The molecular formula is C13H13BrClN5. The Bertz CT molecular complexity index is 615. The van der Waals surface area contributed by atoms with Crippen molar-refractivity contribution in [1.82, 2.24) is 15.0 Å². The highest BCUT2D eigenvalue weighted by atomic mass is 79.9. The van der Waals surface area contributed by atoms with Gasteiger partial charge < -0.3 is 10.2 Å². The molecule has 1 aromatic carbocycles. The number of hydrogen-bond donors (Lipinski definition) is 1. The maximum Gasteiger partial charge on any atom is 0.233 e. The third-order valence-electron chi connectivity index (χ3n) is 3.07. The van der Waals surface area contributed by atoms with Crippen LogP contribution in [0.5, 0.6) is 0 Å². The summed E-state index contributed by atoms with van der Waals surface area (Å²) >= 11 is 9.42. The molecule has 0 atom stereocenters. The van der Waals surface area contributed by atoms with Crippen LogP contribution in [0.1, 0.15) is 12.8 Å². The molecule has 1 fully saturated rings. The van der Waals surface area contributed by atoms with Gasteiger partial charge in [-0.3, -0.25) is 0 Å². The van der Waals surface area contributed by atoms with Crippen LogP contribution in [-0.4, -0.2) is 28.0 Å². The zero-order valence-electron chi connectivity index (χ0n) is 10.7. The average molecular weight is 355 g/mol. The summed E-state index contributed by atoms with van der Waals surface area (Å²) in [6, 6.07) is 7.79. The summed E-state index contributed by atoms with van der Waals surface area (Å²) in [5, 5.41) is 3.35. The summed E-state index contributed by atoms with van der Waals surface area (Å²) in [5.74, 6) is 1.10. The zero-order chi connectivity index (χ0) is 13.9. The van der Waals surface area contributed by atoms with E-state index in [9.17, 15) is 0 Å². The molecule has 0 saturated carbocycles. The van der Waals surface area contributed by atoms with Gasteiger partial charge in [0.2, 0.25) is 17.2 Å².